The van der Waals surface area contributed by atoms with Crippen molar-refractivity contribution in [2.75, 3.05) is 0 Å². The molecule has 0 spiro atoms. The Kier molecular flexibility index (Phi) is 4.62. The monoisotopic (exact) mass is 254 g/mol. The summed E-state index contributed by atoms with van der Waals surface area (Å²) in [5.74, 6) is 0.361. The zero-order valence-corrected chi connectivity index (χ0v) is 11.8. The Morgan fingerprint density at radius 2 is 1.42 bits per heavy atom. The van der Waals surface area contributed by atoms with E-state index in [4.69, 9.17) is 0 Å². The predicted octanol–water partition coefficient (Wildman–Crippen LogP) is 4.96. The minimum atomic E-state index is 0.361. The first-order valence-electron chi connectivity index (χ1n) is 7.16. The van der Waals surface area contributed by atoms with Crippen molar-refractivity contribution in [1.82, 2.24) is 0 Å². The Bertz CT molecular complexity index is 543. The van der Waals surface area contributed by atoms with Crippen LogP contribution in [-0.2, 0) is 12.8 Å². The Morgan fingerprint density at radius 3 is 2.16 bits per heavy atom. The van der Waals surface area contributed by atoms with E-state index >= 15 is 0 Å². The molecule has 0 aliphatic rings. The molecule has 0 amide bonds. The van der Waals surface area contributed by atoms with Gasteiger partial charge < -0.3 is 5.11 Å². The fourth-order valence-electron chi connectivity index (χ4n) is 2.59. The second-order valence-corrected chi connectivity index (χ2v) is 5.00. The zero-order chi connectivity index (χ0) is 13.7. The van der Waals surface area contributed by atoms with Crippen molar-refractivity contribution >= 4 is 0 Å². The second kappa shape index (κ2) is 6.42. The smallest absolute Gasteiger partial charge is 0.115 e. The van der Waals surface area contributed by atoms with Gasteiger partial charge in [-0.25, -0.2) is 0 Å². The summed E-state index contributed by atoms with van der Waals surface area (Å²) in [6.45, 7) is 4.38. The molecule has 19 heavy (non-hydrogen) atoms. The van der Waals surface area contributed by atoms with Crippen LogP contribution in [0.1, 0.15) is 37.8 Å². The molecule has 0 aliphatic heterocycles. The summed E-state index contributed by atoms with van der Waals surface area (Å²) in [6.07, 6.45) is 4.34. The van der Waals surface area contributed by atoms with E-state index in [-0.39, 0.29) is 0 Å². The lowest BCUT2D eigenvalue weighted by molar-refractivity contribution is 0.474. The zero-order valence-electron chi connectivity index (χ0n) is 11.8. The average Bonchev–Trinajstić information content (AvgIpc) is 2.41. The minimum absolute atomic E-state index is 0.361. The molecule has 0 unspecified atom stereocenters. The van der Waals surface area contributed by atoms with Gasteiger partial charge in [-0.2, -0.15) is 0 Å². The maximum Gasteiger partial charge on any atom is 0.115 e. The second-order valence-electron chi connectivity index (χ2n) is 5.00. The van der Waals surface area contributed by atoms with Crippen LogP contribution in [0.15, 0.2) is 42.5 Å². The largest absolute Gasteiger partial charge is 0.508 e. The minimum Gasteiger partial charge on any atom is -0.508 e. The highest BCUT2D eigenvalue weighted by atomic mass is 16.3. The summed E-state index contributed by atoms with van der Waals surface area (Å²) in [6, 6.07) is 14.3. The van der Waals surface area contributed by atoms with E-state index in [0.717, 1.165) is 25.7 Å². The molecule has 0 heterocycles. The van der Waals surface area contributed by atoms with Crippen molar-refractivity contribution in [3.8, 4) is 16.9 Å². The van der Waals surface area contributed by atoms with Crippen LogP contribution in [0, 0.1) is 0 Å². The third-order valence-corrected chi connectivity index (χ3v) is 3.44. The molecule has 0 aromatic heterocycles. The highest BCUT2D eigenvalue weighted by Crippen LogP contribution is 2.31. The SMILES string of the molecule is CCCc1ccccc1-c1ccc(O)cc1CCC. The highest BCUT2D eigenvalue weighted by Gasteiger charge is 2.09. The van der Waals surface area contributed by atoms with Crippen molar-refractivity contribution in [2.45, 2.75) is 39.5 Å². The molecule has 2 aromatic carbocycles. The fraction of sp³-hybridized carbons (Fsp3) is 0.333. The number of phenols is 1. The van der Waals surface area contributed by atoms with E-state index in [1.807, 2.05) is 6.07 Å². The van der Waals surface area contributed by atoms with Gasteiger partial charge in [-0.05, 0) is 47.2 Å². The Hall–Kier alpha value is -1.76. The molecule has 0 radical (unpaired) electrons. The summed E-state index contributed by atoms with van der Waals surface area (Å²) < 4.78 is 0. The predicted molar refractivity (Wildman–Crippen MR) is 81.5 cm³/mol. The molecule has 2 rings (SSSR count). The molecular weight excluding hydrogens is 232 g/mol. The number of rotatable bonds is 5. The van der Waals surface area contributed by atoms with Crippen molar-refractivity contribution in [3.05, 3.63) is 53.6 Å². The van der Waals surface area contributed by atoms with Crippen LogP contribution in [0.5, 0.6) is 5.75 Å². The van der Waals surface area contributed by atoms with Crippen molar-refractivity contribution in [2.24, 2.45) is 0 Å². The topological polar surface area (TPSA) is 20.2 Å². The Labute approximate surface area is 115 Å². The van der Waals surface area contributed by atoms with Crippen LogP contribution < -0.4 is 0 Å². The maximum absolute atomic E-state index is 9.68. The van der Waals surface area contributed by atoms with Gasteiger partial charge in [0.1, 0.15) is 5.75 Å². The number of hydrogen-bond acceptors (Lipinski definition) is 1. The molecule has 0 fully saturated rings. The standard InChI is InChI=1S/C18H22O/c1-3-7-14-9-5-6-10-17(14)18-12-11-16(19)13-15(18)8-4-2/h5-6,9-13,19H,3-4,7-8H2,1-2H3. The molecule has 1 nitrogen and oxygen atoms in total. The van der Waals surface area contributed by atoms with E-state index in [2.05, 4.69) is 44.2 Å². The van der Waals surface area contributed by atoms with Crippen LogP contribution in [0.3, 0.4) is 0 Å². The van der Waals surface area contributed by atoms with Gasteiger partial charge in [-0.3, -0.25) is 0 Å². The third-order valence-electron chi connectivity index (χ3n) is 3.44. The number of hydrogen-bond donors (Lipinski definition) is 1. The Balaban J connectivity index is 2.51. The molecule has 0 saturated heterocycles. The first-order chi connectivity index (χ1) is 9.26. The normalized spacial score (nSPS) is 10.6. The lowest BCUT2D eigenvalue weighted by Crippen LogP contribution is -1.94. The average molecular weight is 254 g/mol. The Morgan fingerprint density at radius 1 is 0.789 bits per heavy atom. The van der Waals surface area contributed by atoms with Gasteiger partial charge in [-0.15, -0.1) is 0 Å². The van der Waals surface area contributed by atoms with E-state index < -0.39 is 0 Å². The summed E-state index contributed by atoms with van der Waals surface area (Å²) in [4.78, 5) is 0. The number of aryl methyl sites for hydroxylation is 2. The summed E-state index contributed by atoms with van der Waals surface area (Å²) in [5.41, 5.74) is 5.22. The van der Waals surface area contributed by atoms with Crippen LogP contribution in [-0.4, -0.2) is 5.11 Å². The van der Waals surface area contributed by atoms with Crippen LogP contribution in [0.4, 0.5) is 0 Å². The van der Waals surface area contributed by atoms with E-state index in [9.17, 15) is 5.11 Å². The fourth-order valence-corrected chi connectivity index (χ4v) is 2.59. The molecule has 1 heteroatoms. The van der Waals surface area contributed by atoms with Gasteiger partial charge in [0.05, 0.1) is 0 Å². The van der Waals surface area contributed by atoms with Crippen molar-refractivity contribution in [1.29, 1.82) is 0 Å². The van der Waals surface area contributed by atoms with Crippen molar-refractivity contribution in [3.63, 3.8) is 0 Å². The van der Waals surface area contributed by atoms with Gasteiger partial charge in [0.2, 0.25) is 0 Å². The quantitative estimate of drug-likeness (QED) is 0.799. The van der Waals surface area contributed by atoms with E-state index in [1.54, 1.807) is 6.07 Å². The lowest BCUT2D eigenvalue weighted by atomic mass is 9.92. The molecule has 0 aliphatic carbocycles. The number of benzene rings is 2. The van der Waals surface area contributed by atoms with E-state index in [0.29, 0.717) is 5.75 Å². The van der Waals surface area contributed by atoms with Gasteiger partial charge >= 0.3 is 0 Å². The highest BCUT2D eigenvalue weighted by molar-refractivity contribution is 5.71. The number of aromatic hydroxyl groups is 1. The summed E-state index contributed by atoms with van der Waals surface area (Å²) >= 11 is 0. The van der Waals surface area contributed by atoms with Crippen LogP contribution in [0.2, 0.25) is 0 Å². The van der Waals surface area contributed by atoms with Crippen LogP contribution >= 0.6 is 0 Å². The molecule has 0 atom stereocenters. The molecular formula is C18H22O. The molecule has 2 aromatic rings. The van der Waals surface area contributed by atoms with Crippen LogP contribution in [0.25, 0.3) is 11.1 Å². The van der Waals surface area contributed by atoms with Crippen molar-refractivity contribution < 1.29 is 5.11 Å². The maximum atomic E-state index is 9.68. The van der Waals surface area contributed by atoms with E-state index in [1.165, 1.54) is 22.3 Å². The van der Waals surface area contributed by atoms with Gasteiger partial charge in [0.15, 0.2) is 0 Å². The summed E-state index contributed by atoms with van der Waals surface area (Å²) in [7, 11) is 0. The van der Waals surface area contributed by atoms with Gasteiger partial charge in [0.25, 0.3) is 0 Å². The first kappa shape index (κ1) is 13.7. The van der Waals surface area contributed by atoms with Gasteiger partial charge in [-0.1, -0.05) is 57.0 Å². The molecule has 0 saturated carbocycles. The first-order valence-corrected chi connectivity index (χ1v) is 7.16. The molecule has 1 N–H and O–H groups in total. The number of phenolic OH excluding ortho intramolecular Hbond substituents is 1. The van der Waals surface area contributed by atoms with Gasteiger partial charge in [0, 0.05) is 0 Å². The molecule has 100 valence electrons. The molecule has 0 bridgehead atoms. The third kappa shape index (κ3) is 3.17. The lowest BCUT2D eigenvalue weighted by Gasteiger charge is -2.13. The summed E-state index contributed by atoms with van der Waals surface area (Å²) in [5, 5.41) is 9.68.